The van der Waals surface area contributed by atoms with Gasteiger partial charge in [-0.05, 0) is 12.5 Å². The molecule has 0 radical (unpaired) electrons. The van der Waals surface area contributed by atoms with Gasteiger partial charge in [0.1, 0.15) is 5.75 Å². The maximum Gasteiger partial charge on any atom is 0.422 e. The third-order valence-electron chi connectivity index (χ3n) is 3.59. The number of nitrogens with one attached hydrogen (secondary N) is 2. The molecule has 1 aromatic carbocycles. The Balaban J connectivity index is 2.27. The van der Waals surface area contributed by atoms with Crippen molar-refractivity contribution in [1.82, 2.24) is 10.6 Å². The highest BCUT2D eigenvalue weighted by molar-refractivity contribution is 5.79. The van der Waals surface area contributed by atoms with Gasteiger partial charge in [-0.25, -0.2) is 0 Å². The van der Waals surface area contributed by atoms with Crippen molar-refractivity contribution < 1.29 is 27.4 Å². The first kappa shape index (κ1) is 24.0. The van der Waals surface area contributed by atoms with Gasteiger partial charge >= 0.3 is 6.18 Å². The topological polar surface area (TPSA) is 64.1 Å². The van der Waals surface area contributed by atoms with Crippen molar-refractivity contribution in [2.75, 3.05) is 46.6 Å². The molecule has 0 saturated carbocycles. The summed E-state index contributed by atoms with van der Waals surface area (Å²) in [4.78, 5) is 4.08. The number of halogens is 3. The fourth-order valence-corrected chi connectivity index (χ4v) is 2.16. The zero-order chi connectivity index (χ0) is 20.7. The Hall–Kier alpha value is -2.00. The molecule has 0 aliphatic rings. The lowest BCUT2D eigenvalue weighted by Gasteiger charge is -2.15. The number of hydrogen-bond acceptors (Lipinski definition) is 4. The summed E-state index contributed by atoms with van der Waals surface area (Å²) in [6.45, 7) is 3.95. The summed E-state index contributed by atoms with van der Waals surface area (Å²) in [5, 5.41) is 6.12. The first-order chi connectivity index (χ1) is 13.5. The van der Waals surface area contributed by atoms with Gasteiger partial charge in [0, 0.05) is 32.3 Å². The van der Waals surface area contributed by atoms with E-state index in [1.54, 1.807) is 25.2 Å². The van der Waals surface area contributed by atoms with E-state index < -0.39 is 12.8 Å². The first-order valence-electron chi connectivity index (χ1n) is 9.33. The summed E-state index contributed by atoms with van der Waals surface area (Å²) in [5.74, 6) is 0.711. The van der Waals surface area contributed by atoms with Crippen LogP contribution in [0.3, 0.4) is 0 Å². The molecule has 0 aromatic heterocycles. The summed E-state index contributed by atoms with van der Waals surface area (Å²) >= 11 is 0. The molecule has 0 spiro atoms. The smallest absolute Gasteiger partial charge is 0.422 e. The van der Waals surface area contributed by atoms with Gasteiger partial charge in [0.2, 0.25) is 0 Å². The highest BCUT2D eigenvalue weighted by Crippen LogP contribution is 2.21. The molecule has 1 rings (SSSR count). The molecule has 0 saturated heterocycles. The summed E-state index contributed by atoms with van der Waals surface area (Å²) in [7, 11) is 1.61. The van der Waals surface area contributed by atoms with E-state index >= 15 is 0 Å². The molecule has 9 heteroatoms. The minimum atomic E-state index is -4.38. The average molecular weight is 405 g/mol. The van der Waals surface area contributed by atoms with Crippen LogP contribution in [0.5, 0.6) is 5.75 Å². The molecule has 2 N–H and O–H groups in total. The number of alkyl halides is 3. The number of nitrogens with zero attached hydrogens (tertiary/aromatic N) is 1. The van der Waals surface area contributed by atoms with Gasteiger partial charge in [-0.3, -0.25) is 4.99 Å². The molecular formula is C19H30F3N3O3. The number of rotatable bonds is 13. The zero-order valence-electron chi connectivity index (χ0n) is 16.5. The normalized spacial score (nSPS) is 12.1. The lowest BCUT2D eigenvalue weighted by Crippen LogP contribution is -2.38. The molecule has 0 fully saturated rings. The molecule has 0 amide bonds. The number of benzene rings is 1. The number of para-hydroxylation sites is 1. The van der Waals surface area contributed by atoms with Crippen LogP contribution in [-0.2, 0) is 16.0 Å². The molecule has 0 aliphatic carbocycles. The Labute approximate surface area is 164 Å². The summed E-state index contributed by atoms with van der Waals surface area (Å²) in [5.41, 5.74) is 0.607. The molecule has 28 heavy (non-hydrogen) atoms. The molecular weight excluding hydrogens is 375 g/mol. The maximum absolute atomic E-state index is 12.4. The molecule has 160 valence electrons. The Morgan fingerprint density at radius 3 is 2.43 bits per heavy atom. The van der Waals surface area contributed by atoms with E-state index in [9.17, 15) is 13.2 Å². The monoisotopic (exact) mass is 405 g/mol. The van der Waals surface area contributed by atoms with Crippen LogP contribution in [0, 0.1) is 0 Å². The molecule has 0 aliphatic heterocycles. The predicted molar refractivity (Wildman–Crippen MR) is 103 cm³/mol. The van der Waals surface area contributed by atoms with Crippen molar-refractivity contribution in [2.45, 2.75) is 32.5 Å². The number of ether oxygens (including phenoxy) is 3. The first-order valence-corrected chi connectivity index (χ1v) is 9.33. The van der Waals surface area contributed by atoms with Crippen molar-refractivity contribution in [1.29, 1.82) is 0 Å². The van der Waals surface area contributed by atoms with E-state index in [0.717, 1.165) is 19.4 Å². The Kier molecular flexibility index (Phi) is 12.1. The van der Waals surface area contributed by atoms with Gasteiger partial charge in [0.15, 0.2) is 12.6 Å². The molecule has 6 nitrogen and oxygen atoms in total. The Morgan fingerprint density at radius 2 is 1.75 bits per heavy atom. The second kappa shape index (κ2) is 14.1. The number of unbranched alkanes of at least 4 members (excludes halogenated alkanes) is 1. The maximum atomic E-state index is 12.4. The van der Waals surface area contributed by atoms with Gasteiger partial charge in [-0.2, -0.15) is 13.2 Å². The third-order valence-corrected chi connectivity index (χ3v) is 3.59. The average Bonchev–Trinajstić information content (AvgIpc) is 2.67. The highest BCUT2D eigenvalue weighted by atomic mass is 19.4. The van der Waals surface area contributed by atoms with Crippen LogP contribution >= 0.6 is 0 Å². The van der Waals surface area contributed by atoms with Crippen LogP contribution in [0.25, 0.3) is 0 Å². The van der Waals surface area contributed by atoms with Crippen molar-refractivity contribution >= 4 is 5.96 Å². The number of guanidine groups is 1. The largest absolute Gasteiger partial charge is 0.484 e. The Bertz CT molecular complexity index is 569. The van der Waals surface area contributed by atoms with Gasteiger partial charge in [-0.1, -0.05) is 31.5 Å². The van der Waals surface area contributed by atoms with Crippen molar-refractivity contribution in [3.8, 4) is 5.75 Å². The molecule has 0 bridgehead atoms. The second-order valence-electron chi connectivity index (χ2n) is 5.94. The van der Waals surface area contributed by atoms with E-state index in [4.69, 9.17) is 14.2 Å². The summed E-state index contributed by atoms with van der Waals surface area (Å²) in [6.07, 6.45) is -2.22. The molecule has 1 aromatic rings. The highest BCUT2D eigenvalue weighted by Gasteiger charge is 2.28. The van der Waals surface area contributed by atoms with Crippen LogP contribution in [-0.4, -0.2) is 58.8 Å². The van der Waals surface area contributed by atoms with E-state index in [2.05, 4.69) is 22.5 Å². The lowest BCUT2D eigenvalue weighted by molar-refractivity contribution is -0.153. The van der Waals surface area contributed by atoms with Crippen molar-refractivity contribution in [3.63, 3.8) is 0 Å². The van der Waals surface area contributed by atoms with Gasteiger partial charge < -0.3 is 24.8 Å². The lowest BCUT2D eigenvalue weighted by atomic mass is 10.2. The van der Waals surface area contributed by atoms with Crippen LogP contribution in [0.4, 0.5) is 13.2 Å². The zero-order valence-corrected chi connectivity index (χ0v) is 16.5. The van der Waals surface area contributed by atoms with Gasteiger partial charge in [0.25, 0.3) is 0 Å². The van der Waals surface area contributed by atoms with Crippen LogP contribution < -0.4 is 15.4 Å². The second-order valence-corrected chi connectivity index (χ2v) is 5.94. The van der Waals surface area contributed by atoms with Crippen LogP contribution in [0.15, 0.2) is 29.3 Å². The SMILES string of the molecule is CCCCOCCOCCNC(=NC)NCc1ccccc1OCC(F)(F)F. The van der Waals surface area contributed by atoms with E-state index in [0.29, 0.717) is 37.9 Å². The van der Waals surface area contributed by atoms with E-state index in [1.165, 1.54) is 6.07 Å². The molecule has 0 unspecified atom stereocenters. The van der Waals surface area contributed by atoms with Crippen molar-refractivity contribution in [3.05, 3.63) is 29.8 Å². The number of aliphatic imine (C=N–C) groups is 1. The van der Waals surface area contributed by atoms with Gasteiger partial charge in [0.05, 0.1) is 19.8 Å². The summed E-state index contributed by atoms with van der Waals surface area (Å²) < 4.78 is 52.8. The van der Waals surface area contributed by atoms with Crippen LogP contribution in [0.1, 0.15) is 25.3 Å². The van der Waals surface area contributed by atoms with E-state index in [-0.39, 0.29) is 12.3 Å². The minimum Gasteiger partial charge on any atom is -0.484 e. The van der Waals surface area contributed by atoms with Gasteiger partial charge in [-0.15, -0.1) is 0 Å². The quantitative estimate of drug-likeness (QED) is 0.300. The van der Waals surface area contributed by atoms with Crippen molar-refractivity contribution in [2.24, 2.45) is 4.99 Å². The predicted octanol–water partition coefficient (Wildman–Crippen LogP) is 3.13. The summed E-state index contributed by atoms with van der Waals surface area (Å²) in [6, 6.07) is 6.58. The standard InChI is InChI=1S/C19H30F3N3O3/c1-3-4-10-26-12-13-27-11-9-24-18(23-2)25-14-16-7-5-6-8-17(16)28-15-19(20,21)22/h5-8H,3-4,9-15H2,1-2H3,(H2,23,24,25). The van der Waals surface area contributed by atoms with E-state index in [1.807, 2.05) is 0 Å². The fraction of sp³-hybridized carbons (Fsp3) is 0.632. The molecule has 0 heterocycles. The number of hydrogen-bond donors (Lipinski definition) is 2. The minimum absolute atomic E-state index is 0.189. The van der Waals surface area contributed by atoms with Crippen LogP contribution in [0.2, 0.25) is 0 Å². The Morgan fingerprint density at radius 1 is 1.04 bits per heavy atom. The molecule has 0 atom stereocenters. The fourth-order valence-electron chi connectivity index (χ4n) is 2.16. The third kappa shape index (κ3) is 11.7.